The van der Waals surface area contributed by atoms with Crippen molar-refractivity contribution in [2.75, 3.05) is 33.9 Å². The molecule has 0 bridgehead atoms. The number of guanidine groups is 1. The van der Waals surface area contributed by atoms with Crippen LogP contribution < -0.4 is 14.8 Å². The van der Waals surface area contributed by atoms with E-state index in [9.17, 15) is 0 Å². The van der Waals surface area contributed by atoms with Gasteiger partial charge in [-0.2, -0.15) is 0 Å². The van der Waals surface area contributed by atoms with Crippen molar-refractivity contribution in [3.05, 3.63) is 39.8 Å². The lowest BCUT2D eigenvalue weighted by molar-refractivity contribution is 0.171. The Bertz CT molecular complexity index is 873. The number of thiazole rings is 1. The summed E-state index contributed by atoms with van der Waals surface area (Å²) >= 11 is 1.69. The summed E-state index contributed by atoms with van der Waals surface area (Å²) < 4.78 is 11.5. The van der Waals surface area contributed by atoms with E-state index in [2.05, 4.69) is 50.8 Å². The number of nitrogens with zero attached hydrogens (tertiary/aromatic N) is 3. The molecule has 4 rings (SSSR count). The Kier molecular flexibility index (Phi) is 5.94. The minimum atomic E-state index is 0.101. The van der Waals surface area contributed by atoms with Crippen molar-refractivity contribution < 1.29 is 9.47 Å². The maximum Gasteiger partial charge on any atom is 0.193 e. The number of rotatable bonds is 5. The fraction of sp³-hybridized carbons (Fsp3) is 0.545. The molecule has 0 radical (unpaired) electrons. The van der Waals surface area contributed by atoms with Crippen LogP contribution in [0.25, 0.3) is 0 Å². The quantitative estimate of drug-likeness (QED) is 0.597. The number of hydrogen-bond acceptors (Lipinski definition) is 5. The molecule has 0 saturated heterocycles. The van der Waals surface area contributed by atoms with Crippen LogP contribution in [0.5, 0.6) is 11.5 Å². The smallest absolute Gasteiger partial charge is 0.193 e. The number of aryl methyl sites for hydroxylation is 1. The Morgan fingerprint density at radius 3 is 2.69 bits per heavy atom. The maximum absolute atomic E-state index is 5.84. The molecule has 7 heteroatoms. The van der Waals surface area contributed by atoms with Gasteiger partial charge >= 0.3 is 0 Å². The largest absolute Gasteiger partial charge is 0.486 e. The van der Waals surface area contributed by atoms with Crippen LogP contribution in [0, 0.1) is 6.92 Å². The second-order valence-corrected chi connectivity index (χ2v) is 9.02. The lowest BCUT2D eigenvalue weighted by Crippen LogP contribution is -2.45. The van der Waals surface area contributed by atoms with E-state index in [1.54, 1.807) is 11.3 Å². The normalized spacial score (nSPS) is 18.0. The summed E-state index contributed by atoms with van der Waals surface area (Å²) in [5.41, 5.74) is 2.52. The predicted molar refractivity (Wildman–Crippen MR) is 117 cm³/mol. The van der Waals surface area contributed by atoms with Gasteiger partial charge in [0.15, 0.2) is 17.5 Å². The zero-order valence-electron chi connectivity index (χ0n) is 17.5. The fourth-order valence-electron chi connectivity index (χ4n) is 4.42. The van der Waals surface area contributed by atoms with Crippen LogP contribution in [-0.2, 0) is 12.0 Å². The third kappa shape index (κ3) is 4.34. The van der Waals surface area contributed by atoms with E-state index in [4.69, 9.17) is 9.47 Å². The molecular weight excluding hydrogens is 384 g/mol. The summed E-state index contributed by atoms with van der Waals surface area (Å²) in [5.74, 6) is 2.63. The van der Waals surface area contributed by atoms with Crippen molar-refractivity contribution in [1.29, 1.82) is 0 Å². The number of hydrogen-bond donors (Lipinski definition) is 1. The van der Waals surface area contributed by atoms with Crippen molar-refractivity contribution in [1.82, 2.24) is 15.2 Å². The van der Waals surface area contributed by atoms with Gasteiger partial charge in [-0.25, -0.2) is 4.98 Å². The van der Waals surface area contributed by atoms with Crippen LogP contribution >= 0.6 is 11.3 Å². The van der Waals surface area contributed by atoms with Gasteiger partial charge in [0.2, 0.25) is 0 Å². The van der Waals surface area contributed by atoms with E-state index < -0.39 is 0 Å². The molecule has 1 N–H and O–H groups in total. The molecule has 0 amide bonds. The number of ether oxygens (including phenoxy) is 2. The van der Waals surface area contributed by atoms with Crippen molar-refractivity contribution in [2.45, 2.75) is 44.6 Å². The second kappa shape index (κ2) is 8.61. The third-order valence-electron chi connectivity index (χ3n) is 5.94. The highest BCUT2D eigenvalue weighted by Crippen LogP contribution is 2.43. The number of nitrogens with one attached hydrogen (secondary N) is 1. The summed E-state index contributed by atoms with van der Waals surface area (Å²) in [5, 5.41) is 6.85. The molecule has 6 nitrogen and oxygen atoms in total. The molecule has 1 aliphatic heterocycles. The Labute approximate surface area is 177 Å². The number of aromatic nitrogens is 1. The molecule has 0 unspecified atom stereocenters. The molecule has 156 valence electrons. The molecule has 0 atom stereocenters. The minimum absolute atomic E-state index is 0.101. The Morgan fingerprint density at radius 2 is 2.00 bits per heavy atom. The Hall–Kier alpha value is -2.28. The van der Waals surface area contributed by atoms with Crippen LogP contribution in [0.2, 0.25) is 0 Å². The first-order valence-corrected chi connectivity index (χ1v) is 11.2. The topological polar surface area (TPSA) is 59.0 Å². The van der Waals surface area contributed by atoms with E-state index in [1.165, 1.54) is 31.2 Å². The maximum atomic E-state index is 5.84. The van der Waals surface area contributed by atoms with E-state index in [1.807, 2.05) is 14.0 Å². The second-order valence-electron chi connectivity index (χ2n) is 7.96. The Balaban J connectivity index is 1.47. The molecule has 1 saturated carbocycles. The number of benzene rings is 1. The van der Waals surface area contributed by atoms with E-state index in [0.717, 1.165) is 41.2 Å². The van der Waals surface area contributed by atoms with Gasteiger partial charge in [0.05, 0.1) is 17.2 Å². The van der Waals surface area contributed by atoms with Crippen molar-refractivity contribution >= 4 is 17.3 Å². The van der Waals surface area contributed by atoms with Crippen LogP contribution in [0.1, 0.15) is 41.9 Å². The van der Waals surface area contributed by atoms with E-state index in [-0.39, 0.29) is 5.41 Å². The molecular formula is C22H30N4O2S. The summed E-state index contributed by atoms with van der Waals surface area (Å²) in [7, 11) is 3.91. The summed E-state index contributed by atoms with van der Waals surface area (Å²) in [4.78, 5) is 11.2. The first-order valence-electron chi connectivity index (χ1n) is 10.3. The zero-order valence-corrected chi connectivity index (χ0v) is 18.3. The highest BCUT2D eigenvalue weighted by atomic mass is 32.1. The molecule has 2 heterocycles. The highest BCUT2D eigenvalue weighted by Gasteiger charge is 2.36. The van der Waals surface area contributed by atoms with Gasteiger partial charge in [-0.1, -0.05) is 18.9 Å². The molecule has 1 aromatic carbocycles. The van der Waals surface area contributed by atoms with Crippen molar-refractivity contribution in [2.24, 2.45) is 4.99 Å². The van der Waals surface area contributed by atoms with Gasteiger partial charge in [0.25, 0.3) is 0 Å². The van der Waals surface area contributed by atoms with Crippen LogP contribution in [0.3, 0.4) is 0 Å². The fourth-order valence-corrected chi connectivity index (χ4v) is 5.03. The van der Waals surface area contributed by atoms with Gasteiger partial charge in [0.1, 0.15) is 13.2 Å². The SMILES string of the molecule is CN=C(NCC1(c2ccc3c(c2)OCCO3)CCCC1)N(C)Cc1csc(C)n1. The summed E-state index contributed by atoms with van der Waals surface area (Å²) in [6, 6.07) is 6.46. The van der Waals surface area contributed by atoms with Gasteiger partial charge in [0, 0.05) is 31.4 Å². The van der Waals surface area contributed by atoms with Crippen molar-refractivity contribution in [3.63, 3.8) is 0 Å². The summed E-state index contributed by atoms with van der Waals surface area (Å²) in [6.07, 6.45) is 4.85. The third-order valence-corrected chi connectivity index (χ3v) is 6.76. The molecule has 1 fully saturated rings. The summed E-state index contributed by atoms with van der Waals surface area (Å²) in [6.45, 7) is 4.90. The molecule has 1 aromatic heterocycles. The van der Waals surface area contributed by atoms with Crippen molar-refractivity contribution in [3.8, 4) is 11.5 Å². The first-order chi connectivity index (χ1) is 14.1. The van der Waals surface area contributed by atoms with Crippen LogP contribution in [0.4, 0.5) is 0 Å². The molecule has 0 spiro atoms. The zero-order chi connectivity index (χ0) is 20.3. The molecule has 29 heavy (non-hydrogen) atoms. The average Bonchev–Trinajstić information content (AvgIpc) is 3.38. The van der Waals surface area contributed by atoms with Crippen LogP contribution in [-0.4, -0.2) is 49.7 Å². The van der Waals surface area contributed by atoms with Gasteiger partial charge in [-0.05, 0) is 37.5 Å². The molecule has 2 aromatic rings. The predicted octanol–water partition coefficient (Wildman–Crippen LogP) is 3.74. The van der Waals surface area contributed by atoms with Gasteiger partial charge in [-0.15, -0.1) is 11.3 Å². The van der Waals surface area contributed by atoms with Gasteiger partial charge in [-0.3, -0.25) is 4.99 Å². The average molecular weight is 415 g/mol. The monoisotopic (exact) mass is 414 g/mol. The Morgan fingerprint density at radius 1 is 1.24 bits per heavy atom. The number of aliphatic imine (C=N–C) groups is 1. The highest BCUT2D eigenvalue weighted by molar-refractivity contribution is 7.09. The van der Waals surface area contributed by atoms with E-state index >= 15 is 0 Å². The van der Waals surface area contributed by atoms with Gasteiger partial charge < -0.3 is 19.7 Å². The van der Waals surface area contributed by atoms with E-state index in [0.29, 0.717) is 13.2 Å². The molecule has 1 aliphatic carbocycles. The standard InChI is InChI=1S/C22H30N4O2S/c1-16-25-18(14-29-16)13-26(3)21(23-2)24-15-22(8-4-5-9-22)17-6-7-19-20(12-17)28-11-10-27-19/h6-7,12,14H,4-5,8-11,13,15H2,1-3H3,(H,23,24). The number of fused-ring (bicyclic) bond motifs is 1. The molecule has 2 aliphatic rings. The minimum Gasteiger partial charge on any atom is -0.486 e. The lowest BCUT2D eigenvalue weighted by Gasteiger charge is -2.33. The van der Waals surface area contributed by atoms with Crippen LogP contribution in [0.15, 0.2) is 28.6 Å². The first kappa shape index (κ1) is 20.0. The lowest BCUT2D eigenvalue weighted by atomic mass is 9.78.